The Hall–Kier alpha value is -3.49. The summed E-state index contributed by atoms with van der Waals surface area (Å²) >= 11 is 0. The van der Waals surface area contributed by atoms with Crippen LogP contribution in [0.5, 0.6) is 0 Å². The predicted molar refractivity (Wildman–Crippen MR) is 92.5 cm³/mol. The van der Waals surface area contributed by atoms with Gasteiger partial charge in [-0.1, -0.05) is 0 Å². The van der Waals surface area contributed by atoms with Crippen LogP contribution in [0.3, 0.4) is 0 Å². The smallest absolute Gasteiger partial charge is 0.262 e. The molecule has 5 rings (SSSR count). The van der Waals surface area contributed by atoms with Crippen molar-refractivity contribution in [1.29, 1.82) is 0 Å². The molecule has 9 nitrogen and oxygen atoms in total. The minimum Gasteiger partial charge on any atom is -0.347 e. The molecule has 5 heterocycles. The number of nitrogens with zero attached hydrogens (tertiary/aromatic N) is 6. The van der Waals surface area contributed by atoms with E-state index in [1.807, 2.05) is 0 Å². The molecule has 0 radical (unpaired) electrons. The zero-order chi connectivity index (χ0) is 17.7. The Balaban J connectivity index is 1.46. The van der Waals surface area contributed by atoms with Crippen molar-refractivity contribution in [2.45, 2.75) is 19.5 Å². The molecule has 0 atom stereocenters. The van der Waals surface area contributed by atoms with Crippen LogP contribution in [0, 0.1) is 0 Å². The van der Waals surface area contributed by atoms with Crippen LogP contribution < -0.4 is 5.56 Å². The van der Waals surface area contributed by atoms with Crippen LogP contribution in [-0.2, 0) is 24.3 Å². The highest BCUT2D eigenvalue weighted by atomic mass is 16.2. The average Bonchev–Trinajstić information content (AvgIpc) is 3.31. The zero-order valence-electron chi connectivity index (χ0n) is 13.8. The van der Waals surface area contributed by atoms with E-state index >= 15 is 0 Å². The first-order valence-electron chi connectivity index (χ1n) is 8.31. The molecule has 1 N–H and O–H groups in total. The van der Waals surface area contributed by atoms with Gasteiger partial charge in [-0.05, 0) is 6.07 Å². The number of hydrogen-bond acceptors (Lipinski definition) is 5. The van der Waals surface area contributed by atoms with E-state index in [1.165, 1.54) is 10.8 Å². The number of nitrogens with one attached hydrogen (secondary N) is 1. The third-order valence-electron chi connectivity index (χ3n) is 4.79. The molecule has 9 heteroatoms. The number of amides is 1. The van der Waals surface area contributed by atoms with Crippen LogP contribution >= 0.6 is 0 Å². The van der Waals surface area contributed by atoms with E-state index in [4.69, 9.17) is 0 Å². The first-order valence-corrected chi connectivity index (χ1v) is 8.31. The van der Waals surface area contributed by atoms with Gasteiger partial charge in [-0.25, -0.2) is 14.5 Å². The van der Waals surface area contributed by atoms with E-state index < -0.39 is 0 Å². The highest BCUT2D eigenvalue weighted by molar-refractivity contribution is 5.80. The molecular weight excluding hydrogens is 334 g/mol. The topological polar surface area (TPSA) is 101 Å². The lowest BCUT2D eigenvalue weighted by atomic mass is 10.1. The normalized spacial score (nSPS) is 14.1. The fraction of sp³-hybridized carbons (Fsp3) is 0.235. The minimum absolute atomic E-state index is 0.00458. The summed E-state index contributed by atoms with van der Waals surface area (Å²) < 4.78 is 3.04. The third-order valence-corrected chi connectivity index (χ3v) is 4.79. The summed E-state index contributed by atoms with van der Waals surface area (Å²) in [7, 11) is 0. The molecule has 1 amide bonds. The number of H-pyrrole nitrogens is 1. The van der Waals surface area contributed by atoms with Gasteiger partial charge < -0.3 is 14.5 Å². The van der Waals surface area contributed by atoms with Gasteiger partial charge in [-0.3, -0.25) is 9.59 Å². The molecule has 0 saturated carbocycles. The fourth-order valence-electron chi connectivity index (χ4n) is 3.39. The van der Waals surface area contributed by atoms with Crippen LogP contribution in [0.2, 0.25) is 0 Å². The lowest BCUT2D eigenvalue weighted by Crippen LogP contribution is -2.39. The van der Waals surface area contributed by atoms with Gasteiger partial charge in [0, 0.05) is 31.4 Å². The molecule has 1 aliphatic rings. The fourth-order valence-corrected chi connectivity index (χ4v) is 3.39. The van der Waals surface area contributed by atoms with Crippen LogP contribution in [0.4, 0.5) is 0 Å². The van der Waals surface area contributed by atoms with E-state index in [9.17, 15) is 9.59 Å². The first-order chi connectivity index (χ1) is 12.7. The average molecular weight is 349 g/mol. The van der Waals surface area contributed by atoms with Crippen molar-refractivity contribution in [3.8, 4) is 0 Å². The van der Waals surface area contributed by atoms with Crippen molar-refractivity contribution in [1.82, 2.24) is 34.0 Å². The summed E-state index contributed by atoms with van der Waals surface area (Å²) in [6, 6.07) is 3.56. The zero-order valence-corrected chi connectivity index (χ0v) is 13.8. The van der Waals surface area contributed by atoms with Crippen LogP contribution in [0.15, 0.2) is 41.8 Å². The maximum absolute atomic E-state index is 12.8. The Kier molecular flexibility index (Phi) is 3.14. The number of fused-ring (bicyclic) bond motifs is 4. The summed E-state index contributed by atoms with van der Waals surface area (Å²) in [5.74, 6) is -0.0974. The lowest BCUT2D eigenvalue weighted by molar-refractivity contribution is -0.132. The van der Waals surface area contributed by atoms with Crippen molar-refractivity contribution in [2.75, 3.05) is 6.54 Å². The SMILES string of the molecule is O=C(Cn1ccc2c(cnc3ccnn32)c1=O)N1CCc2nc[nH]c2C1. The van der Waals surface area contributed by atoms with Gasteiger partial charge in [0.2, 0.25) is 5.91 Å². The van der Waals surface area contributed by atoms with Crippen molar-refractivity contribution < 1.29 is 4.79 Å². The van der Waals surface area contributed by atoms with Crippen molar-refractivity contribution in [2.24, 2.45) is 0 Å². The highest BCUT2D eigenvalue weighted by Crippen LogP contribution is 2.15. The molecule has 130 valence electrons. The minimum atomic E-state index is -0.250. The van der Waals surface area contributed by atoms with Gasteiger partial charge in [0.25, 0.3) is 5.56 Å². The summed E-state index contributed by atoms with van der Waals surface area (Å²) in [5.41, 5.74) is 3.06. The van der Waals surface area contributed by atoms with Crippen LogP contribution in [0.1, 0.15) is 11.4 Å². The second-order valence-electron chi connectivity index (χ2n) is 6.30. The van der Waals surface area contributed by atoms with Gasteiger partial charge >= 0.3 is 0 Å². The Morgan fingerprint density at radius 2 is 2.19 bits per heavy atom. The maximum atomic E-state index is 12.8. The third kappa shape index (κ3) is 2.20. The molecule has 0 aliphatic carbocycles. The Morgan fingerprint density at radius 1 is 1.27 bits per heavy atom. The lowest BCUT2D eigenvalue weighted by Gasteiger charge is -2.26. The first kappa shape index (κ1) is 14.8. The molecule has 4 aromatic rings. The number of pyridine rings is 1. The van der Waals surface area contributed by atoms with Crippen LogP contribution in [0.25, 0.3) is 16.6 Å². The second-order valence-corrected chi connectivity index (χ2v) is 6.30. The van der Waals surface area contributed by atoms with E-state index in [0.29, 0.717) is 29.6 Å². The van der Waals surface area contributed by atoms with Crippen LogP contribution in [-0.4, -0.2) is 46.5 Å². The summed E-state index contributed by atoms with van der Waals surface area (Å²) in [6.07, 6.45) is 7.17. The van der Waals surface area contributed by atoms with E-state index in [2.05, 4.69) is 20.1 Å². The van der Waals surface area contributed by atoms with Gasteiger partial charge in [0.15, 0.2) is 5.65 Å². The van der Waals surface area contributed by atoms with Crippen molar-refractivity contribution in [3.05, 3.63) is 58.8 Å². The molecule has 0 aromatic carbocycles. The van der Waals surface area contributed by atoms with Crippen molar-refractivity contribution >= 4 is 22.5 Å². The van der Waals surface area contributed by atoms with E-state index in [-0.39, 0.29) is 18.0 Å². The van der Waals surface area contributed by atoms with E-state index in [0.717, 1.165) is 17.8 Å². The summed E-state index contributed by atoms with van der Waals surface area (Å²) in [6.45, 7) is 1.09. The Morgan fingerprint density at radius 3 is 3.12 bits per heavy atom. The number of aromatic amines is 1. The quantitative estimate of drug-likeness (QED) is 0.563. The Labute approximate surface area is 146 Å². The number of carbonyl (C=O) groups is 1. The molecule has 0 fully saturated rings. The molecular formula is C17H15N7O2. The summed E-state index contributed by atoms with van der Waals surface area (Å²) in [5, 5.41) is 4.63. The molecule has 1 aliphatic heterocycles. The largest absolute Gasteiger partial charge is 0.347 e. The highest BCUT2D eigenvalue weighted by Gasteiger charge is 2.22. The number of imidazole rings is 1. The van der Waals surface area contributed by atoms with Gasteiger partial charge in [-0.15, -0.1) is 0 Å². The van der Waals surface area contributed by atoms with Gasteiger partial charge in [0.05, 0.1) is 41.4 Å². The number of hydrogen-bond donors (Lipinski definition) is 1. The van der Waals surface area contributed by atoms with E-state index in [1.54, 1.807) is 40.3 Å². The molecule has 26 heavy (non-hydrogen) atoms. The molecule has 0 bridgehead atoms. The standard InChI is InChI=1S/C17H15N7O2/c25-16(22-5-2-12-13(8-22)20-10-19-12)9-23-6-3-14-11(17(23)26)7-18-15-1-4-21-24(14)15/h1,3-4,6-7,10H,2,5,8-9H2,(H,19,20). The predicted octanol–water partition coefficient (Wildman–Crippen LogP) is 0.352. The molecule has 0 saturated heterocycles. The monoisotopic (exact) mass is 349 g/mol. The maximum Gasteiger partial charge on any atom is 0.262 e. The summed E-state index contributed by atoms with van der Waals surface area (Å²) in [4.78, 5) is 38.7. The molecule has 4 aromatic heterocycles. The number of rotatable bonds is 2. The Bertz CT molecular complexity index is 1200. The molecule has 0 spiro atoms. The van der Waals surface area contributed by atoms with Gasteiger partial charge in [0.1, 0.15) is 6.54 Å². The van der Waals surface area contributed by atoms with Crippen molar-refractivity contribution in [3.63, 3.8) is 0 Å². The number of aromatic nitrogens is 6. The molecule has 0 unspecified atom stereocenters. The number of carbonyl (C=O) groups excluding carboxylic acids is 1. The second kappa shape index (κ2) is 5.51. The van der Waals surface area contributed by atoms with Gasteiger partial charge in [-0.2, -0.15) is 5.10 Å².